The van der Waals surface area contributed by atoms with Crippen molar-refractivity contribution in [3.05, 3.63) is 23.8 Å². The summed E-state index contributed by atoms with van der Waals surface area (Å²) in [5.74, 6) is 1.73. The molecule has 116 valence electrons. The first-order valence-corrected chi connectivity index (χ1v) is 8.24. The summed E-state index contributed by atoms with van der Waals surface area (Å²) in [7, 11) is 0. The average molecular weight is 311 g/mol. The molecule has 2 rings (SSSR count). The number of carboxylic acids is 1. The Labute approximate surface area is 128 Å². The Morgan fingerprint density at radius 1 is 1.52 bits per heavy atom. The van der Waals surface area contributed by atoms with Crippen molar-refractivity contribution in [2.45, 2.75) is 25.9 Å². The number of phenols is 1. The van der Waals surface area contributed by atoms with Crippen LogP contribution in [0.5, 0.6) is 11.5 Å². The molecule has 0 aromatic heterocycles. The molecule has 1 atom stereocenters. The van der Waals surface area contributed by atoms with Gasteiger partial charge in [-0.05, 0) is 24.6 Å². The number of nitrogens with zero attached hydrogens (tertiary/aromatic N) is 1. The van der Waals surface area contributed by atoms with Crippen molar-refractivity contribution in [3.63, 3.8) is 0 Å². The highest BCUT2D eigenvalue weighted by Gasteiger charge is 2.25. The van der Waals surface area contributed by atoms with E-state index in [4.69, 9.17) is 9.84 Å². The van der Waals surface area contributed by atoms with E-state index in [9.17, 15) is 9.90 Å². The molecule has 5 nitrogen and oxygen atoms in total. The molecule has 1 aromatic rings. The van der Waals surface area contributed by atoms with E-state index in [1.165, 1.54) is 0 Å². The molecule has 2 N–H and O–H groups in total. The Balaban J connectivity index is 2.07. The molecule has 6 heteroatoms. The first kappa shape index (κ1) is 16.0. The van der Waals surface area contributed by atoms with Gasteiger partial charge in [-0.2, -0.15) is 11.8 Å². The summed E-state index contributed by atoms with van der Waals surface area (Å²) in [5.41, 5.74) is 1.03. The molecule has 1 unspecified atom stereocenters. The van der Waals surface area contributed by atoms with Crippen molar-refractivity contribution in [2.24, 2.45) is 0 Å². The van der Waals surface area contributed by atoms with Gasteiger partial charge in [0.2, 0.25) is 0 Å². The molecule has 1 saturated heterocycles. The van der Waals surface area contributed by atoms with Gasteiger partial charge in [0, 0.05) is 30.6 Å². The van der Waals surface area contributed by atoms with E-state index >= 15 is 0 Å². The van der Waals surface area contributed by atoms with Gasteiger partial charge in [-0.1, -0.05) is 6.07 Å². The number of ether oxygens (including phenoxy) is 1. The van der Waals surface area contributed by atoms with E-state index in [1.54, 1.807) is 17.8 Å². The van der Waals surface area contributed by atoms with Gasteiger partial charge in [0.05, 0.1) is 13.0 Å². The largest absolute Gasteiger partial charge is 0.504 e. The molecule has 0 bridgehead atoms. The van der Waals surface area contributed by atoms with Crippen LogP contribution in [0.1, 0.15) is 18.9 Å². The number of hydrogen-bond donors (Lipinski definition) is 2. The molecule has 1 aliphatic rings. The van der Waals surface area contributed by atoms with Gasteiger partial charge in [-0.25, -0.2) is 0 Å². The minimum absolute atomic E-state index is 0.0607. The number of hydrogen-bond acceptors (Lipinski definition) is 5. The molecule has 0 radical (unpaired) electrons. The Morgan fingerprint density at radius 3 is 3.05 bits per heavy atom. The highest BCUT2D eigenvalue weighted by atomic mass is 32.2. The summed E-state index contributed by atoms with van der Waals surface area (Å²) in [6.45, 7) is 3.93. The highest BCUT2D eigenvalue weighted by Crippen LogP contribution is 2.28. The van der Waals surface area contributed by atoms with E-state index in [-0.39, 0.29) is 18.2 Å². The van der Waals surface area contributed by atoms with Crippen molar-refractivity contribution < 1.29 is 19.7 Å². The van der Waals surface area contributed by atoms with Crippen LogP contribution in [0, 0.1) is 0 Å². The van der Waals surface area contributed by atoms with Crippen LogP contribution in [-0.2, 0) is 11.3 Å². The number of aromatic hydroxyl groups is 1. The maximum absolute atomic E-state index is 11.0. The second kappa shape index (κ2) is 7.56. The van der Waals surface area contributed by atoms with E-state index in [0.29, 0.717) is 18.9 Å². The maximum atomic E-state index is 11.0. The van der Waals surface area contributed by atoms with Crippen LogP contribution in [0.3, 0.4) is 0 Å². The first-order valence-electron chi connectivity index (χ1n) is 7.08. The van der Waals surface area contributed by atoms with E-state index in [0.717, 1.165) is 23.6 Å². The van der Waals surface area contributed by atoms with Crippen LogP contribution in [0.15, 0.2) is 18.2 Å². The predicted octanol–water partition coefficient (Wildman–Crippen LogP) is 2.18. The minimum Gasteiger partial charge on any atom is -0.504 e. The number of carboxylic acid groups (broad SMARTS) is 1. The van der Waals surface area contributed by atoms with Crippen LogP contribution in [0.25, 0.3) is 0 Å². The SMILES string of the molecule is CCOc1cc(CN2CCSCC2CC(=O)O)ccc1O. The number of rotatable bonds is 6. The standard InChI is InChI=1S/C15H21NO4S/c1-2-20-14-7-11(3-4-13(14)17)9-16-5-6-21-10-12(16)8-15(18)19/h3-4,7,12,17H,2,5-6,8-10H2,1H3,(H,18,19). The smallest absolute Gasteiger partial charge is 0.304 e. The third-order valence-corrected chi connectivity index (χ3v) is 4.56. The number of benzene rings is 1. The Kier molecular flexibility index (Phi) is 5.76. The molecule has 1 aromatic carbocycles. The molecule has 1 heterocycles. The van der Waals surface area contributed by atoms with Crippen LogP contribution in [0.4, 0.5) is 0 Å². The Hall–Kier alpha value is -1.40. The lowest BCUT2D eigenvalue weighted by molar-refractivity contribution is -0.138. The zero-order valence-corrected chi connectivity index (χ0v) is 12.9. The van der Waals surface area contributed by atoms with E-state index in [1.807, 2.05) is 19.1 Å². The quantitative estimate of drug-likeness (QED) is 0.839. The van der Waals surface area contributed by atoms with Gasteiger partial charge in [-0.3, -0.25) is 9.69 Å². The third kappa shape index (κ3) is 4.54. The van der Waals surface area contributed by atoms with Crippen molar-refractivity contribution in [3.8, 4) is 11.5 Å². The van der Waals surface area contributed by atoms with Crippen LogP contribution < -0.4 is 4.74 Å². The third-order valence-electron chi connectivity index (χ3n) is 3.47. The molecular weight excluding hydrogens is 290 g/mol. The van der Waals surface area contributed by atoms with Gasteiger partial charge in [0.15, 0.2) is 11.5 Å². The second-order valence-electron chi connectivity index (χ2n) is 5.03. The molecule has 0 amide bonds. The van der Waals surface area contributed by atoms with Gasteiger partial charge < -0.3 is 14.9 Å². The van der Waals surface area contributed by atoms with E-state index in [2.05, 4.69) is 4.90 Å². The lowest BCUT2D eigenvalue weighted by Crippen LogP contribution is -2.42. The normalized spacial score (nSPS) is 19.4. The number of phenolic OH excluding ortho intramolecular Hbond substituents is 1. The van der Waals surface area contributed by atoms with Crippen molar-refractivity contribution in [2.75, 3.05) is 24.7 Å². The number of aliphatic carboxylic acids is 1. The van der Waals surface area contributed by atoms with Crippen LogP contribution in [-0.4, -0.2) is 51.8 Å². The lowest BCUT2D eigenvalue weighted by atomic mass is 10.1. The van der Waals surface area contributed by atoms with Crippen LogP contribution >= 0.6 is 11.8 Å². The fourth-order valence-electron chi connectivity index (χ4n) is 2.45. The fraction of sp³-hybridized carbons (Fsp3) is 0.533. The molecule has 21 heavy (non-hydrogen) atoms. The predicted molar refractivity (Wildman–Crippen MR) is 83.1 cm³/mol. The number of thioether (sulfide) groups is 1. The molecular formula is C15H21NO4S. The summed E-state index contributed by atoms with van der Waals surface area (Å²) in [6, 6.07) is 5.38. The molecule has 1 fully saturated rings. The Bertz CT molecular complexity index is 495. The number of carbonyl (C=O) groups is 1. The van der Waals surface area contributed by atoms with Crippen molar-refractivity contribution in [1.29, 1.82) is 0 Å². The molecule has 0 spiro atoms. The van der Waals surface area contributed by atoms with Gasteiger partial charge in [0.25, 0.3) is 0 Å². The zero-order chi connectivity index (χ0) is 15.2. The van der Waals surface area contributed by atoms with Gasteiger partial charge in [-0.15, -0.1) is 0 Å². The molecule has 0 saturated carbocycles. The minimum atomic E-state index is -0.756. The first-order chi connectivity index (χ1) is 10.1. The average Bonchev–Trinajstić information content (AvgIpc) is 2.44. The van der Waals surface area contributed by atoms with Gasteiger partial charge in [0.1, 0.15) is 0 Å². The zero-order valence-electron chi connectivity index (χ0n) is 12.1. The van der Waals surface area contributed by atoms with Crippen LogP contribution in [0.2, 0.25) is 0 Å². The maximum Gasteiger partial charge on any atom is 0.304 e. The summed E-state index contributed by atoms with van der Waals surface area (Å²) < 4.78 is 5.39. The lowest BCUT2D eigenvalue weighted by Gasteiger charge is -2.34. The monoisotopic (exact) mass is 311 g/mol. The fourth-order valence-corrected chi connectivity index (χ4v) is 3.58. The summed E-state index contributed by atoms with van der Waals surface area (Å²) in [5, 5.41) is 18.7. The molecule has 1 aliphatic heterocycles. The summed E-state index contributed by atoms with van der Waals surface area (Å²) >= 11 is 1.80. The van der Waals surface area contributed by atoms with E-state index < -0.39 is 5.97 Å². The van der Waals surface area contributed by atoms with Gasteiger partial charge >= 0.3 is 5.97 Å². The summed E-state index contributed by atoms with van der Waals surface area (Å²) in [6.07, 6.45) is 0.170. The highest BCUT2D eigenvalue weighted by molar-refractivity contribution is 7.99. The summed E-state index contributed by atoms with van der Waals surface area (Å²) in [4.78, 5) is 13.2. The second-order valence-corrected chi connectivity index (χ2v) is 6.18. The van der Waals surface area contributed by atoms with Crippen molar-refractivity contribution in [1.82, 2.24) is 4.90 Å². The topological polar surface area (TPSA) is 70.0 Å². The Morgan fingerprint density at radius 2 is 2.33 bits per heavy atom. The molecule has 0 aliphatic carbocycles. The van der Waals surface area contributed by atoms with Crippen molar-refractivity contribution >= 4 is 17.7 Å².